The van der Waals surface area contributed by atoms with Crippen molar-refractivity contribution in [3.63, 3.8) is 0 Å². The third-order valence-corrected chi connectivity index (χ3v) is 9.18. The van der Waals surface area contributed by atoms with E-state index >= 15 is 0 Å². The summed E-state index contributed by atoms with van der Waals surface area (Å²) < 4.78 is 35.8. The lowest BCUT2D eigenvalue weighted by Gasteiger charge is -2.51. The fourth-order valence-electron chi connectivity index (χ4n) is 5.84. The Balaban J connectivity index is 1.51. The summed E-state index contributed by atoms with van der Waals surface area (Å²) in [5.41, 5.74) is 1.23. The SMILES string of the molecule is COc1ccc([C@@H]2CN(S(=O)(=O)N3CCCC3)[C@@H]3C4CCN(CC4)[C@@H]32)cc1. The maximum atomic E-state index is 13.5. The number of methoxy groups -OCH3 is 1. The molecule has 6 rings (SSSR count). The molecular formula is C20H29N3O3S. The highest BCUT2D eigenvalue weighted by Crippen LogP contribution is 2.48. The molecule has 5 aliphatic rings. The number of hydrogen-bond donors (Lipinski definition) is 0. The van der Waals surface area contributed by atoms with Crippen LogP contribution in [0.25, 0.3) is 0 Å². The second-order valence-corrected chi connectivity index (χ2v) is 10.3. The van der Waals surface area contributed by atoms with E-state index in [0.29, 0.717) is 31.6 Å². The van der Waals surface area contributed by atoms with Crippen molar-refractivity contribution in [1.82, 2.24) is 13.5 Å². The van der Waals surface area contributed by atoms with Gasteiger partial charge in [-0.1, -0.05) is 12.1 Å². The Kier molecular flexibility index (Phi) is 4.46. The number of benzene rings is 1. The van der Waals surface area contributed by atoms with Crippen molar-refractivity contribution in [1.29, 1.82) is 0 Å². The second kappa shape index (κ2) is 6.72. The Bertz CT molecular complexity index is 783. The van der Waals surface area contributed by atoms with Gasteiger partial charge in [0.25, 0.3) is 10.2 Å². The summed E-state index contributed by atoms with van der Waals surface area (Å²) in [6, 6.07) is 8.68. The summed E-state index contributed by atoms with van der Waals surface area (Å²) in [7, 11) is -1.69. The summed E-state index contributed by atoms with van der Waals surface area (Å²) in [6.07, 6.45) is 4.22. The minimum atomic E-state index is -3.37. The Hall–Kier alpha value is -1.15. The summed E-state index contributed by atoms with van der Waals surface area (Å²) in [4.78, 5) is 2.55. The van der Waals surface area contributed by atoms with Gasteiger partial charge in [0.15, 0.2) is 0 Å². The molecule has 0 radical (unpaired) electrons. The summed E-state index contributed by atoms with van der Waals surface area (Å²) in [5, 5.41) is 0. The Labute approximate surface area is 162 Å². The first-order valence-corrected chi connectivity index (χ1v) is 11.6. The minimum Gasteiger partial charge on any atom is -0.497 e. The van der Waals surface area contributed by atoms with E-state index in [0.717, 1.165) is 44.5 Å². The first-order valence-electron chi connectivity index (χ1n) is 10.2. The Morgan fingerprint density at radius 2 is 1.63 bits per heavy atom. The van der Waals surface area contributed by atoms with E-state index in [-0.39, 0.29) is 12.0 Å². The van der Waals surface area contributed by atoms with Gasteiger partial charge in [0.05, 0.1) is 7.11 Å². The van der Waals surface area contributed by atoms with Crippen molar-refractivity contribution < 1.29 is 13.2 Å². The van der Waals surface area contributed by atoms with E-state index in [9.17, 15) is 8.42 Å². The first kappa shape index (κ1) is 17.9. The monoisotopic (exact) mass is 391 g/mol. The number of fused-ring (bicyclic) bond motifs is 2. The average Bonchev–Trinajstić information content (AvgIpc) is 3.39. The normalized spacial score (nSPS) is 36.9. The number of piperidine rings is 3. The van der Waals surface area contributed by atoms with Crippen LogP contribution in [0.3, 0.4) is 0 Å². The van der Waals surface area contributed by atoms with E-state index in [2.05, 4.69) is 17.0 Å². The predicted molar refractivity (Wildman–Crippen MR) is 104 cm³/mol. The van der Waals surface area contributed by atoms with E-state index in [1.165, 1.54) is 5.56 Å². The summed E-state index contributed by atoms with van der Waals surface area (Å²) in [5.74, 6) is 1.59. The Morgan fingerprint density at radius 3 is 2.26 bits per heavy atom. The molecule has 0 aromatic heterocycles. The van der Waals surface area contributed by atoms with Crippen LogP contribution in [0.5, 0.6) is 5.75 Å². The number of rotatable bonds is 4. The first-order chi connectivity index (χ1) is 13.1. The molecule has 1 aromatic carbocycles. The van der Waals surface area contributed by atoms with Crippen molar-refractivity contribution in [3.8, 4) is 5.75 Å². The molecular weight excluding hydrogens is 362 g/mol. The van der Waals surface area contributed by atoms with Gasteiger partial charge < -0.3 is 4.74 Å². The van der Waals surface area contributed by atoms with Crippen LogP contribution in [-0.4, -0.2) is 73.8 Å². The van der Waals surface area contributed by atoms with Gasteiger partial charge in [-0.05, 0) is 62.4 Å². The number of ether oxygens (including phenoxy) is 1. The zero-order valence-corrected chi connectivity index (χ0v) is 16.8. The summed E-state index contributed by atoms with van der Waals surface area (Å²) in [6.45, 7) is 4.18. The zero-order chi connectivity index (χ0) is 18.6. The molecule has 7 heteroatoms. The maximum Gasteiger partial charge on any atom is 0.282 e. The molecule has 0 spiro atoms. The lowest BCUT2D eigenvalue weighted by molar-refractivity contribution is 0.0113. The molecule has 0 saturated carbocycles. The molecule has 0 aliphatic carbocycles. The third-order valence-electron chi connectivity index (χ3n) is 7.18. The molecule has 6 nitrogen and oxygen atoms in total. The maximum absolute atomic E-state index is 13.5. The van der Waals surface area contributed by atoms with Gasteiger partial charge in [0.2, 0.25) is 0 Å². The summed E-state index contributed by atoms with van der Waals surface area (Å²) >= 11 is 0. The van der Waals surface area contributed by atoms with Gasteiger partial charge in [0.1, 0.15) is 5.75 Å². The molecule has 5 aliphatic heterocycles. The van der Waals surface area contributed by atoms with Crippen LogP contribution >= 0.6 is 0 Å². The van der Waals surface area contributed by atoms with Gasteiger partial charge in [-0.3, -0.25) is 4.90 Å². The van der Waals surface area contributed by atoms with Gasteiger partial charge in [-0.25, -0.2) is 0 Å². The highest BCUT2D eigenvalue weighted by molar-refractivity contribution is 7.86. The van der Waals surface area contributed by atoms with E-state index in [1.807, 2.05) is 16.4 Å². The topological polar surface area (TPSA) is 53.1 Å². The Morgan fingerprint density at radius 1 is 0.963 bits per heavy atom. The van der Waals surface area contributed by atoms with Gasteiger partial charge >= 0.3 is 0 Å². The van der Waals surface area contributed by atoms with Gasteiger partial charge in [-0.15, -0.1) is 0 Å². The number of nitrogens with zero attached hydrogens (tertiary/aromatic N) is 3. The van der Waals surface area contributed by atoms with Crippen molar-refractivity contribution in [2.45, 2.75) is 43.7 Å². The molecule has 2 bridgehead atoms. The number of hydrogen-bond acceptors (Lipinski definition) is 4. The molecule has 5 saturated heterocycles. The zero-order valence-electron chi connectivity index (χ0n) is 16.0. The molecule has 27 heavy (non-hydrogen) atoms. The van der Waals surface area contributed by atoms with Crippen LogP contribution in [0, 0.1) is 5.92 Å². The van der Waals surface area contributed by atoms with Crippen molar-refractivity contribution in [3.05, 3.63) is 29.8 Å². The van der Waals surface area contributed by atoms with Gasteiger partial charge in [0, 0.05) is 37.6 Å². The largest absolute Gasteiger partial charge is 0.497 e. The quantitative estimate of drug-likeness (QED) is 0.787. The molecule has 5 fully saturated rings. The standard InChI is InChI=1S/C20H29N3O3S/c1-26-17-6-4-15(5-7-17)18-14-23(27(24,25)22-10-2-3-11-22)19-16-8-12-21(13-9-16)20(18)19/h4-7,16,18-20H,2-3,8-14H2,1H3/t18-,19+,20+/m0/s1. The molecule has 0 N–H and O–H groups in total. The fraction of sp³-hybridized carbons (Fsp3) is 0.700. The lowest BCUT2D eigenvalue weighted by atomic mass is 9.75. The van der Waals surface area contributed by atoms with E-state index in [1.54, 1.807) is 11.4 Å². The molecule has 148 valence electrons. The van der Waals surface area contributed by atoms with Crippen LogP contribution in [0.2, 0.25) is 0 Å². The van der Waals surface area contributed by atoms with E-state index < -0.39 is 10.2 Å². The van der Waals surface area contributed by atoms with Crippen LogP contribution < -0.4 is 4.74 Å². The second-order valence-electron chi connectivity index (χ2n) is 8.42. The lowest BCUT2D eigenvalue weighted by Crippen LogP contribution is -2.61. The third kappa shape index (κ3) is 2.82. The smallest absolute Gasteiger partial charge is 0.282 e. The fourth-order valence-corrected chi connectivity index (χ4v) is 7.81. The molecule has 3 atom stereocenters. The highest BCUT2D eigenvalue weighted by Gasteiger charge is 2.57. The molecule has 0 unspecified atom stereocenters. The van der Waals surface area contributed by atoms with E-state index in [4.69, 9.17) is 4.74 Å². The average molecular weight is 392 g/mol. The molecule has 0 amide bonds. The van der Waals surface area contributed by atoms with Gasteiger partial charge in [-0.2, -0.15) is 17.0 Å². The van der Waals surface area contributed by atoms with Crippen LogP contribution in [0.15, 0.2) is 24.3 Å². The minimum absolute atomic E-state index is 0.130. The van der Waals surface area contributed by atoms with Crippen LogP contribution in [0.1, 0.15) is 37.2 Å². The van der Waals surface area contributed by atoms with Crippen LogP contribution in [-0.2, 0) is 10.2 Å². The van der Waals surface area contributed by atoms with Crippen molar-refractivity contribution >= 4 is 10.2 Å². The predicted octanol–water partition coefficient (Wildman–Crippen LogP) is 1.90. The van der Waals surface area contributed by atoms with Crippen LogP contribution in [0.4, 0.5) is 0 Å². The van der Waals surface area contributed by atoms with Crippen molar-refractivity contribution in [2.24, 2.45) is 5.92 Å². The molecule has 5 heterocycles. The highest BCUT2D eigenvalue weighted by atomic mass is 32.2. The van der Waals surface area contributed by atoms with Crippen molar-refractivity contribution in [2.75, 3.05) is 39.8 Å². The molecule has 1 aromatic rings.